The van der Waals surface area contributed by atoms with Gasteiger partial charge in [0.1, 0.15) is 0 Å². The second-order valence-electron chi connectivity index (χ2n) is 4.32. The van der Waals surface area contributed by atoms with E-state index in [0.717, 1.165) is 5.69 Å². The normalized spacial score (nSPS) is 17.1. The van der Waals surface area contributed by atoms with Crippen LogP contribution < -0.4 is 0 Å². The van der Waals surface area contributed by atoms with Gasteiger partial charge in [0.15, 0.2) is 0 Å². The number of likely N-dealkylation sites (tertiary alicyclic amines) is 1. The third-order valence-electron chi connectivity index (χ3n) is 2.96. The van der Waals surface area contributed by atoms with Crippen molar-refractivity contribution in [1.82, 2.24) is 9.88 Å². The topological polar surface area (TPSA) is 16.1 Å². The van der Waals surface area contributed by atoms with E-state index in [2.05, 4.69) is 16.8 Å². The van der Waals surface area contributed by atoms with Crippen molar-refractivity contribution in [3.05, 3.63) is 30.1 Å². The Morgan fingerprint density at radius 1 is 1.12 bits per heavy atom. The summed E-state index contributed by atoms with van der Waals surface area (Å²) in [4.78, 5) is 6.53. The quantitative estimate of drug-likeness (QED) is 0.722. The molecule has 0 aromatic carbocycles. The van der Waals surface area contributed by atoms with E-state index in [4.69, 9.17) is 0 Å². The van der Waals surface area contributed by atoms with Crippen LogP contribution in [0.2, 0.25) is 0 Å². The zero-order valence-corrected chi connectivity index (χ0v) is 10.7. The fourth-order valence-electron chi connectivity index (χ4n) is 1.90. The highest BCUT2D eigenvalue weighted by Crippen LogP contribution is 2.08. The maximum absolute atomic E-state index is 3.98. The van der Waals surface area contributed by atoms with Gasteiger partial charge < -0.3 is 4.90 Å². The number of nitrogens with zero attached hydrogens (tertiary/aromatic N) is 2. The van der Waals surface area contributed by atoms with Gasteiger partial charge in [-0.15, -0.1) is 0 Å². The molecule has 0 saturated carbocycles. The minimum atomic E-state index is 1.07. The van der Waals surface area contributed by atoms with Crippen molar-refractivity contribution >= 4 is 0 Å². The van der Waals surface area contributed by atoms with Crippen LogP contribution >= 0.6 is 0 Å². The number of hydrogen-bond donors (Lipinski definition) is 0. The highest BCUT2D eigenvalue weighted by atomic mass is 15.1. The van der Waals surface area contributed by atoms with Gasteiger partial charge in [-0.3, -0.25) is 4.98 Å². The Kier molecular flexibility index (Phi) is 6.82. The van der Waals surface area contributed by atoms with Crippen molar-refractivity contribution in [2.75, 3.05) is 19.6 Å². The standard InChI is InChI=1S/C8H17N.C6H7N/c1-2-9-7-5-3-4-6-8-9;1-6-4-2-3-5-7-6/h2-8H2,1H3;2-5H,1H3. The Hall–Kier alpha value is -0.890. The van der Waals surface area contributed by atoms with Gasteiger partial charge in [0.2, 0.25) is 0 Å². The Balaban J connectivity index is 0.000000165. The Morgan fingerprint density at radius 2 is 1.81 bits per heavy atom. The Bertz CT molecular complexity index is 251. The molecular formula is C14H24N2. The van der Waals surface area contributed by atoms with Crippen molar-refractivity contribution < 1.29 is 0 Å². The van der Waals surface area contributed by atoms with Crippen LogP contribution in [0.5, 0.6) is 0 Å². The molecule has 1 aromatic heterocycles. The molecule has 1 fully saturated rings. The highest BCUT2D eigenvalue weighted by molar-refractivity contribution is 4.99. The summed E-state index contributed by atoms with van der Waals surface area (Å²) in [7, 11) is 0. The summed E-state index contributed by atoms with van der Waals surface area (Å²) in [6.45, 7) is 8.16. The van der Waals surface area contributed by atoms with E-state index in [1.165, 1.54) is 45.3 Å². The van der Waals surface area contributed by atoms with Gasteiger partial charge in [-0.1, -0.05) is 25.8 Å². The fourth-order valence-corrected chi connectivity index (χ4v) is 1.90. The maximum atomic E-state index is 3.98. The van der Waals surface area contributed by atoms with E-state index in [-0.39, 0.29) is 0 Å². The fraction of sp³-hybridized carbons (Fsp3) is 0.643. The van der Waals surface area contributed by atoms with E-state index >= 15 is 0 Å². The second-order valence-corrected chi connectivity index (χ2v) is 4.32. The number of pyridine rings is 1. The molecule has 0 bridgehead atoms. The molecule has 0 N–H and O–H groups in total. The molecule has 0 unspecified atom stereocenters. The Morgan fingerprint density at radius 3 is 2.19 bits per heavy atom. The highest BCUT2D eigenvalue weighted by Gasteiger charge is 2.04. The van der Waals surface area contributed by atoms with Crippen LogP contribution in [0.25, 0.3) is 0 Å². The van der Waals surface area contributed by atoms with Gasteiger partial charge >= 0.3 is 0 Å². The number of aryl methyl sites for hydroxylation is 1. The number of hydrogen-bond acceptors (Lipinski definition) is 2. The lowest BCUT2D eigenvalue weighted by Crippen LogP contribution is -2.23. The first kappa shape index (κ1) is 13.2. The van der Waals surface area contributed by atoms with E-state index in [1.54, 1.807) is 6.20 Å². The molecule has 2 nitrogen and oxygen atoms in total. The third kappa shape index (κ3) is 5.86. The molecule has 90 valence electrons. The van der Waals surface area contributed by atoms with E-state index in [1.807, 2.05) is 25.1 Å². The van der Waals surface area contributed by atoms with Crippen LogP contribution in [0.3, 0.4) is 0 Å². The molecule has 16 heavy (non-hydrogen) atoms. The summed E-state index contributed by atoms with van der Waals surface area (Å²) in [6.07, 6.45) is 7.55. The minimum absolute atomic E-state index is 1.07. The Labute approximate surface area is 99.7 Å². The zero-order chi connectivity index (χ0) is 11.6. The smallest absolute Gasteiger partial charge is 0.0372 e. The van der Waals surface area contributed by atoms with Gasteiger partial charge in [0.05, 0.1) is 0 Å². The largest absolute Gasteiger partial charge is 0.304 e. The number of rotatable bonds is 1. The molecule has 0 atom stereocenters. The van der Waals surface area contributed by atoms with Crippen molar-refractivity contribution in [2.24, 2.45) is 0 Å². The van der Waals surface area contributed by atoms with E-state index in [0.29, 0.717) is 0 Å². The summed E-state index contributed by atoms with van der Waals surface area (Å²) in [6, 6.07) is 5.86. The van der Waals surface area contributed by atoms with Crippen LogP contribution in [0.15, 0.2) is 24.4 Å². The summed E-state index contributed by atoms with van der Waals surface area (Å²) >= 11 is 0. The van der Waals surface area contributed by atoms with Crippen molar-refractivity contribution in [1.29, 1.82) is 0 Å². The van der Waals surface area contributed by atoms with Crippen molar-refractivity contribution in [3.63, 3.8) is 0 Å². The van der Waals surface area contributed by atoms with Crippen LogP contribution in [-0.2, 0) is 0 Å². The van der Waals surface area contributed by atoms with Crippen LogP contribution in [0, 0.1) is 6.92 Å². The molecular weight excluding hydrogens is 196 g/mol. The summed E-state index contributed by atoms with van der Waals surface area (Å²) < 4.78 is 0. The predicted molar refractivity (Wildman–Crippen MR) is 69.6 cm³/mol. The lowest BCUT2D eigenvalue weighted by atomic mass is 10.2. The van der Waals surface area contributed by atoms with Gasteiger partial charge in [0.25, 0.3) is 0 Å². The zero-order valence-electron chi connectivity index (χ0n) is 10.7. The van der Waals surface area contributed by atoms with E-state index < -0.39 is 0 Å². The van der Waals surface area contributed by atoms with Crippen LogP contribution in [0.4, 0.5) is 0 Å². The lowest BCUT2D eigenvalue weighted by molar-refractivity contribution is 0.301. The third-order valence-corrected chi connectivity index (χ3v) is 2.96. The van der Waals surface area contributed by atoms with Crippen LogP contribution in [-0.4, -0.2) is 29.5 Å². The molecule has 2 rings (SSSR count). The SMILES string of the molecule is CCN1CCCCCC1.Cc1ccccn1. The van der Waals surface area contributed by atoms with Crippen molar-refractivity contribution in [2.45, 2.75) is 39.5 Å². The average molecular weight is 220 g/mol. The average Bonchev–Trinajstić information content (AvgIpc) is 2.59. The molecule has 1 aromatic rings. The number of aromatic nitrogens is 1. The van der Waals surface area contributed by atoms with Gasteiger partial charge in [-0.2, -0.15) is 0 Å². The summed E-state index contributed by atoms with van der Waals surface area (Å²) in [5.74, 6) is 0. The monoisotopic (exact) mass is 220 g/mol. The molecule has 0 amide bonds. The molecule has 2 heteroatoms. The molecule has 0 aliphatic carbocycles. The first-order valence-electron chi connectivity index (χ1n) is 6.43. The van der Waals surface area contributed by atoms with Gasteiger partial charge in [0, 0.05) is 11.9 Å². The van der Waals surface area contributed by atoms with Crippen molar-refractivity contribution in [3.8, 4) is 0 Å². The van der Waals surface area contributed by atoms with Gasteiger partial charge in [-0.25, -0.2) is 0 Å². The first-order valence-corrected chi connectivity index (χ1v) is 6.43. The first-order chi connectivity index (χ1) is 7.83. The molecule has 1 saturated heterocycles. The van der Waals surface area contributed by atoms with E-state index in [9.17, 15) is 0 Å². The summed E-state index contributed by atoms with van der Waals surface area (Å²) in [5, 5.41) is 0. The van der Waals surface area contributed by atoms with Gasteiger partial charge in [-0.05, 0) is 51.5 Å². The lowest BCUT2D eigenvalue weighted by Gasteiger charge is -2.15. The maximum Gasteiger partial charge on any atom is 0.0372 e. The molecule has 1 aliphatic rings. The molecule has 2 heterocycles. The second kappa shape index (κ2) is 8.28. The molecule has 0 spiro atoms. The molecule has 1 aliphatic heterocycles. The minimum Gasteiger partial charge on any atom is -0.304 e. The van der Waals surface area contributed by atoms with Crippen LogP contribution in [0.1, 0.15) is 38.3 Å². The predicted octanol–water partition coefficient (Wildman–Crippen LogP) is 3.27. The summed E-state index contributed by atoms with van der Waals surface area (Å²) in [5.41, 5.74) is 1.07. The molecule has 0 radical (unpaired) electrons.